The molecular formula is C15H23BrN3O3S+. The van der Waals surface area contributed by atoms with E-state index in [0.29, 0.717) is 44.2 Å². The van der Waals surface area contributed by atoms with Gasteiger partial charge in [0.15, 0.2) is 6.54 Å². The Morgan fingerprint density at radius 2 is 1.87 bits per heavy atom. The predicted molar refractivity (Wildman–Crippen MR) is 91.8 cm³/mol. The van der Waals surface area contributed by atoms with Gasteiger partial charge in [-0.05, 0) is 30.7 Å². The zero-order chi connectivity index (χ0) is 16.9. The molecule has 6 nitrogen and oxygen atoms in total. The Hall–Kier alpha value is -0.960. The van der Waals surface area contributed by atoms with Crippen molar-refractivity contribution < 1.29 is 18.1 Å². The number of nitrogens with one attached hydrogen (secondary N) is 2. The minimum Gasteiger partial charge on any atom is -0.351 e. The van der Waals surface area contributed by atoms with E-state index in [1.54, 1.807) is 24.3 Å². The number of benzene rings is 1. The van der Waals surface area contributed by atoms with Gasteiger partial charge in [-0.1, -0.05) is 22.9 Å². The molecule has 2 N–H and O–H groups in total. The minimum absolute atomic E-state index is 0.0334. The number of amides is 1. The van der Waals surface area contributed by atoms with E-state index in [9.17, 15) is 13.2 Å². The molecule has 23 heavy (non-hydrogen) atoms. The van der Waals surface area contributed by atoms with Gasteiger partial charge in [0.1, 0.15) is 0 Å². The van der Waals surface area contributed by atoms with Gasteiger partial charge >= 0.3 is 0 Å². The van der Waals surface area contributed by atoms with Crippen LogP contribution in [0.2, 0.25) is 0 Å². The number of halogens is 1. The summed E-state index contributed by atoms with van der Waals surface area (Å²) in [6.45, 7) is 5.29. The molecule has 0 radical (unpaired) electrons. The largest absolute Gasteiger partial charge is 0.351 e. The first-order valence-corrected chi connectivity index (χ1v) is 10.0. The maximum absolute atomic E-state index is 12.6. The summed E-state index contributed by atoms with van der Waals surface area (Å²) in [5.41, 5.74) is 0. The molecule has 2 rings (SSSR count). The van der Waals surface area contributed by atoms with Crippen molar-refractivity contribution in [1.29, 1.82) is 0 Å². The molecule has 1 amide bonds. The lowest BCUT2D eigenvalue weighted by molar-refractivity contribution is -0.895. The van der Waals surface area contributed by atoms with Crippen LogP contribution in [0.5, 0.6) is 0 Å². The molecular weight excluding hydrogens is 382 g/mol. The molecule has 0 saturated carbocycles. The van der Waals surface area contributed by atoms with Gasteiger partial charge in [0.2, 0.25) is 10.0 Å². The van der Waals surface area contributed by atoms with Gasteiger partial charge in [-0.2, -0.15) is 4.31 Å². The Labute approximate surface area is 146 Å². The lowest BCUT2D eigenvalue weighted by Gasteiger charge is -2.31. The number of nitrogens with zero attached hydrogens (tertiary/aromatic N) is 1. The van der Waals surface area contributed by atoms with Crippen molar-refractivity contribution in [2.45, 2.75) is 18.2 Å². The summed E-state index contributed by atoms with van der Waals surface area (Å²) in [4.78, 5) is 13.2. The van der Waals surface area contributed by atoms with Crippen LogP contribution in [-0.2, 0) is 14.8 Å². The molecule has 0 atom stereocenters. The molecule has 128 valence electrons. The lowest BCUT2D eigenvalue weighted by atomic mass is 10.3. The fraction of sp³-hybridized carbons (Fsp3) is 0.533. The van der Waals surface area contributed by atoms with Crippen molar-refractivity contribution in [2.75, 3.05) is 39.3 Å². The number of carbonyl (C=O) groups is 1. The van der Waals surface area contributed by atoms with E-state index in [1.807, 2.05) is 6.92 Å². The van der Waals surface area contributed by atoms with Gasteiger partial charge in [0.05, 0.1) is 31.1 Å². The van der Waals surface area contributed by atoms with Crippen LogP contribution < -0.4 is 10.2 Å². The van der Waals surface area contributed by atoms with E-state index >= 15 is 0 Å². The van der Waals surface area contributed by atoms with Gasteiger partial charge in [-0.3, -0.25) is 4.79 Å². The standard InChI is InChI=1S/C15H22BrN3O3S/c1-2-7-17-15(20)12-18-8-10-19(11-9-18)23(21,22)14-5-3-13(16)4-6-14/h3-6H,2,7-12H2,1H3,(H,17,20)/p+1. The van der Waals surface area contributed by atoms with Crippen molar-refractivity contribution in [3.05, 3.63) is 28.7 Å². The Kier molecular flexibility index (Phi) is 6.58. The van der Waals surface area contributed by atoms with E-state index in [0.717, 1.165) is 15.8 Å². The van der Waals surface area contributed by atoms with Crippen LogP contribution >= 0.6 is 15.9 Å². The molecule has 0 spiro atoms. The normalized spacial score (nSPS) is 17.1. The van der Waals surface area contributed by atoms with Crippen molar-refractivity contribution in [3.63, 3.8) is 0 Å². The van der Waals surface area contributed by atoms with Crippen LogP contribution in [0.15, 0.2) is 33.6 Å². The summed E-state index contributed by atoms with van der Waals surface area (Å²) >= 11 is 3.31. The second-order valence-corrected chi connectivity index (χ2v) is 8.49. The maximum Gasteiger partial charge on any atom is 0.275 e. The third-order valence-electron chi connectivity index (χ3n) is 3.86. The molecule has 8 heteroatoms. The third kappa shape index (κ3) is 5.00. The fourth-order valence-corrected chi connectivity index (χ4v) is 4.23. The highest BCUT2D eigenvalue weighted by atomic mass is 79.9. The van der Waals surface area contributed by atoms with Crippen LogP contribution in [0.3, 0.4) is 0 Å². The molecule has 1 aromatic carbocycles. The first-order chi connectivity index (χ1) is 10.9. The van der Waals surface area contributed by atoms with E-state index in [2.05, 4.69) is 21.2 Å². The number of hydrogen-bond acceptors (Lipinski definition) is 3. The first kappa shape index (κ1) is 18.4. The number of sulfonamides is 1. The van der Waals surface area contributed by atoms with Crippen LogP contribution in [-0.4, -0.2) is 57.9 Å². The summed E-state index contributed by atoms with van der Waals surface area (Å²) in [5.74, 6) is 0.0334. The summed E-state index contributed by atoms with van der Waals surface area (Å²) in [6.07, 6.45) is 0.917. The molecule has 0 bridgehead atoms. The van der Waals surface area contributed by atoms with Crippen LogP contribution in [0.1, 0.15) is 13.3 Å². The summed E-state index contributed by atoms with van der Waals surface area (Å²) in [7, 11) is -3.45. The average Bonchev–Trinajstić information content (AvgIpc) is 2.54. The number of quaternary nitrogens is 1. The highest BCUT2D eigenvalue weighted by molar-refractivity contribution is 9.10. The second-order valence-electron chi connectivity index (χ2n) is 5.63. The smallest absolute Gasteiger partial charge is 0.275 e. The van der Waals surface area contributed by atoms with Crippen molar-refractivity contribution >= 4 is 31.9 Å². The number of rotatable bonds is 6. The summed E-state index contributed by atoms with van der Waals surface area (Å²) in [5, 5.41) is 2.86. The monoisotopic (exact) mass is 404 g/mol. The van der Waals surface area contributed by atoms with E-state index in [-0.39, 0.29) is 5.91 Å². The quantitative estimate of drug-likeness (QED) is 0.693. The van der Waals surface area contributed by atoms with E-state index in [4.69, 9.17) is 0 Å². The Balaban J connectivity index is 1.91. The molecule has 1 aliphatic rings. The Morgan fingerprint density at radius 1 is 1.26 bits per heavy atom. The molecule has 0 unspecified atom stereocenters. The Bertz CT molecular complexity index is 626. The zero-order valence-corrected chi connectivity index (χ0v) is 15.6. The zero-order valence-electron chi connectivity index (χ0n) is 13.2. The van der Waals surface area contributed by atoms with Crippen LogP contribution in [0, 0.1) is 0 Å². The van der Waals surface area contributed by atoms with Gasteiger partial charge in [0, 0.05) is 11.0 Å². The summed E-state index contributed by atoms with van der Waals surface area (Å²) < 4.78 is 27.5. The molecule has 1 aliphatic heterocycles. The third-order valence-corrected chi connectivity index (χ3v) is 6.31. The fourth-order valence-electron chi connectivity index (χ4n) is 2.53. The van der Waals surface area contributed by atoms with Crippen molar-refractivity contribution in [3.8, 4) is 0 Å². The van der Waals surface area contributed by atoms with E-state index < -0.39 is 10.0 Å². The highest BCUT2D eigenvalue weighted by Crippen LogP contribution is 2.18. The van der Waals surface area contributed by atoms with Gasteiger partial charge in [0.25, 0.3) is 5.91 Å². The topological polar surface area (TPSA) is 70.9 Å². The van der Waals surface area contributed by atoms with Crippen LogP contribution in [0.25, 0.3) is 0 Å². The molecule has 1 fully saturated rings. The SMILES string of the molecule is CCCNC(=O)C[NH+]1CCN(S(=O)(=O)c2ccc(Br)cc2)CC1. The Morgan fingerprint density at radius 3 is 2.43 bits per heavy atom. The summed E-state index contributed by atoms with van der Waals surface area (Å²) in [6, 6.07) is 6.67. The number of hydrogen-bond donors (Lipinski definition) is 2. The lowest BCUT2D eigenvalue weighted by Crippen LogP contribution is -3.15. The van der Waals surface area contributed by atoms with E-state index in [1.165, 1.54) is 4.31 Å². The van der Waals surface area contributed by atoms with Crippen LogP contribution in [0.4, 0.5) is 0 Å². The molecule has 0 aliphatic carbocycles. The predicted octanol–water partition coefficient (Wildman–Crippen LogP) is -0.135. The van der Waals surface area contributed by atoms with Gasteiger partial charge in [-0.25, -0.2) is 8.42 Å². The van der Waals surface area contributed by atoms with Crippen molar-refractivity contribution in [1.82, 2.24) is 9.62 Å². The second kappa shape index (κ2) is 8.23. The molecule has 1 aromatic rings. The molecule has 1 saturated heterocycles. The maximum atomic E-state index is 12.6. The van der Waals surface area contributed by atoms with Gasteiger partial charge in [-0.15, -0.1) is 0 Å². The van der Waals surface area contributed by atoms with Gasteiger partial charge < -0.3 is 10.2 Å². The number of piperazine rings is 1. The number of carbonyl (C=O) groups excluding carboxylic acids is 1. The molecule has 0 aromatic heterocycles. The van der Waals surface area contributed by atoms with Crippen molar-refractivity contribution in [2.24, 2.45) is 0 Å². The molecule has 1 heterocycles. The average molecular weight is 405 g/mol. The first-order valence-electron chi connectivity index (χ1n) is 7.79. The highest BCUT2D eigenvalue weighted by Gasteiger charge is 2.30. The minimum atomic E-state index is -3.45.